The number of ether oxygens (including phenoxy) is 2. The van der Waals surface area contributed by atoms with Gasteiger partial charge in [-0.1, -0.05) is 23.4 Å². The van der Waals surface area contributed by atoms with Gasteiger partial charge in [-0.25, -0.2) is 0 Å². The van der Waals surface area contributed by atoms with Gasteiger partial charge in [-0.05, 0) is 63.1 Å². The first-order chi connectivity index (χ1) is 15.3. The average Bonchev–Trinajstić information content (AvgIpc) is 3.15. The summed E-state index contributed by atoms with van der Waals surface area (Å²) in [6, 6.07) is 11.7. The number of thioether (sulfide) groups is 1. The van der Waals surface area contributed by atoms with Gasteiger partial charge in [-0.3, -0.25) is 9.20 Å². The molecule has 0 aliphatic rings. The zero-order valence-corrected chi connectivity index (χ0v) is 19.8. The molecule has 4 rings (SSSR count). The number of aromatic nitrogens is 3. The Hall–Kier alpha value is -3.26. The van der Waals surface area contributed by atoms with Gasteiger partial charge in [-0.2, -0.15) is 0 Å². The van der Waals surface area contributed by atoms with E-state index in [1.54, 1.807) is 32.4 Å². The molecule has 0 saturated carbocycles. The van der Waals surface area contributed by atoms with Crippen LogP contribution >= 0.6 is 11.8 Å². The van der Waals surface area contributed by atoms with Crippen molar-refractivity contribution >= 4 is 39.9 Å². The van der Waals surface area contributed by atoms with Crippen LogP contribution in [0.2, 0.25) is 0 Å². The predicted molar refractivity (Wildman–Crippen MR) is 128 cm³/mol. The van der Waals surface area contributed by atoms with Crippen LogP contribution < -0.4 is 14.8 Å². The minimum atomic E-state index is -0.391. The zero-order chi connectivity index (χ0) is 23.0. The number of carbonyl (C=O) groups is 1. The van der Waals surface area contributed by atoms with Crippen molar-refractivity contribution in [3.8, 4) is 11.5 Å². The zero-order valence-electron chi connectivity index (χ0n) is 19.0. The summed E-state index contributed by atoms with van der Waals surface area (Å²) in [5, 5.41) is 13.2. The lowest BCUT2D eigenvalue weighted by molar-refractivity contribution is -0.115. The van der Waals surface area contributed by atoms with E-state index in [0.717, 1.165) is 22.3 Å². The molecule has 1 atom stereocenters. The van der Waals surface area contributed by atoms with Crippen LogP contribution in [0.25, 0.3) is 16.6 Å². The van der Waals surface area contributed by atoms with Gasteiger partial charge >= 0.3 is 0 Å². The second-order valence-electron chi connectivity index (χ2n) is 7.80. The van der Waals surface area contributed by atoms with Crippen LogP contribution in [-0.2, 0) is 4.79 Å². The van der Waals surface area contributed by atoms with Gasteiger partial charge in [0.15, 0.2) is 22.3 Å². The average molecular weight is 451 g/mol. The number of nitrogens with zero attached hydrogens (tertiary/aromatic N) is 3. The third kappa shape index (κ3) is 3.98. The van der Waals surface area contributed by atoms with Crippen LogP contribution in [0.4, 0.5) is 5.69 Å². The van der Waals surface area contributed by atoms with Crippen molar-refractivity contribution in [2.45, 2.75) is 38.1 Å². The fourth-order valence-electron chi connectivity index (χ4n) is 3.86. The Balaban J connectivity index is 1.63. The lowest BCUT2D eigenvalue weighted by Gasteiger charge is -2.14. The number of aryl methyl sites for hydroxylation is 3. The third-order valence-corrected chi connectivity index (χ3v) is 6.44. The SMILES string of the molecule is COc1ccc(NC(=O)C(C)Sc2nnc3cc(C)c4cc(C)cc(C)c4n23)cc1OC. The van der Waals surface area contributed by atoms with Crippen LogP contribution in [-0.4, -0.2) is 40.0 Å². The molecule has 4 aromatic rings. The van der Waals surface area contributed by atoms with E-state index in [2.05, 4.69) is 48.4 Å². The first-order valence-electron chi connectivity index (χ1n) is 10.3. The van der Waals surface area contributed by atoms with Gasteiger partial charge in [0.1, 0.15) is 0 Å². The van der Waals surface area contributed by atoms with Gasteiger partial charge in [0.25, 0.3) is 0 Å². The highest BCUT2D eigenvalue weighted by molar-refractivity contribution is 8.00. The molecule has 1 amide bonds. The first-order valence-corrected chi connectivity index (χ1v) is 11.2. The Morgan fingerprint density at radius 1 is 1.00 bits per heavy atom. The highest BCUT2D eigenvalue weighted by atomic mass is 32.2. The maximum Gasteiger partial charge on any atom is 0.237 e. The second-order valence-corrected chi connectivity index (χ2v) is 9.11. The Kier molecular flexibility index (Phi) is 5.97. The van der Waals surface area contributed by atoms with Crippen LogP contribution in [0.5, 0.6) is 11.5 Å². The smallest absolute Gasteiger partial charge is 0.237 e. The summed E-state index contributed by atoms with van der Waals surface area (Å²) in [5.41, 5.74) is 6.00. The molecule has 0 fully saturated rings. The maximum absolute atomic E-state index is 12.9. The predicted octanol–water partition coefficient (Wildman–Crippen LogP) is 4.94. The first kappa shape index (κ1) is 22.0. The largest absolute Gasteiger partial charge is 0.493 e. The number of hydrogen-bond acceptors (Lipinski definition) is 6. The Labute approximate surface area is 191 Å². The molecule has 166 valence electrons. The van der Waals surface area contributed by atoms with E-state index in [9.17, 15) is 4.79 Å². The molecule has 7 nitrogen and oxygen atoms in total. The van der Waals surface area contributed by atoms with Crippen molar-refractivity contribution in [2.75, 3.05) is 19.5 Å². The van der Waals surface area contributed by atoms with Crippen LogP contribution in [0, 0.1) is 20.8 Å². The quantitative estimate of drug-likeness (QED) is 0.419. The third-order valence-electron chi connectivity index (χ3n) is 5.40. The minimum Gasteiger partial charge on any atom is -0.493 e. The number of rotatable bonds is 6. The summed E-state index contributed by atoms with van der Waals surface area (Å²) in [6.07, 6.45) is 0. The number of benzene rings is 2. The van der Waals surface area contributed by atoms with E-state index in [-0.39, 0.29) is 5.91 Å². The highest BCUT2D eigenvalue weighted by Crippen LogP contribution is 2.32. The molecule has 1 N–H and O–H groups in total. The van der Waals surface area contributed by atoms with E-state index < -0.39 is 5.25 Å². The molecule has 0 bridgehead atoms. The lowest BCUT2D eigenvalue weighted by atomic mass is 10.0. The summed E-state index contributed by atoms with van der Waals surface area (Å²) in [6.45, 7) is 8.13. The summed E-state index contributed by atoms with van der Waals surface area (Å²) < 4.78 is 12.6. The van der Waals surface area contributed by atoms with Crippen molar-refractivity contribution in [3.63, 3.8) is 0 Å². The number of fused-ring (bicyclic) bond motifs is 3. The fraction of sp³-hybridized carbons (Fsp3) is 0.292. The maximum atomic E-state index is 12.9. The molecule has 0 saturated heterocycles. The Bertz CT molecular complexity index is 1330. The van der Waals surface area contributed by atoms with Gasteiger partial charge in [0.2, 0.25) is 5.91 Å². The van der Waals surface area contributed by atoms with Crippen molar-refractivity contribution in [1.82, 2.24) is 14.6 Å². The summed E-state index contributed by atoms with van der Waals surface area (Å²) in [7, 11) is 3.14. The second kappa shape index (κ2) is 8.70. The molecule has 2 heterocycles. The Morgan fingerprint density at radius 3 is 2.47 bits per heavy atom. The lowest BCUT2D eigenvalue weighted by Crippen LogP contribution is -2.22. The monoisotopic (exact) mass is 450 g/mol. The topological polar surface area (TPSA) is 77.8 Å². The summed E-state index contributed by atoms with van der Waals surface area (Å²) >= 11 is 1.38. The van der Waals surface area contributed by atoms with Crippen molar-refractivity contribution in [2.24, 2.45) is 0 Å². The molecule has 0 aliphatic carbocycles. The van der Waals surface area contributed by atoms with E-state index in [0.29, 0.717) is 22.3 Å². The van der Waals surface area contributed by atoms with Gasteiger partial charge in [-0.15, -0.1) is 10.2 Å². The highest BCUT2D eigenvalue weighted by Gasteiger charge is 2.21. The Morgan fingerprint density at radius 2 is 1.75 bits per heavy atom. The van der Waals surface area contributed by atoms with Crippen molar-refractivity contribution < 1.29 is 14.3 Å². The molecular formula is C24H26N4O3S. The molecule has 32 heavy (non-hydrogen) atoms. The van der Waals surface area contributed by atoms with Gasteiger partial charge in [0.05, 0.1) is 25.0 Å². The molecule has 0 spiro atoms. The number of amides is 1. The number of nitrogens with one attached hydrogen (secondary N) is 1. The van der Waals surface area contributed by atoms with E-state index in [1.807, 2.05) is 17.4 Å². The molecule has 0 radical (unpaired) electrons. The van der Waals surface area contributed by atoms with Crippen LogP contribution in [0.3, 0.4) is 0 Å². The normalized spacial score (nSPS) is 12.2. The van der Waals surface area contributed by atoms with Gasteiger partial charge < -0.3 is 14.8 Å². The number of methoxy groups -OCH3 is 2. The van der Waals surface area contributed by atoms with Crippen molar-refractivity contribution in [1.29, 1.82) is 0 Å². The van der Waals surface area contributed by atoms with Crippen LogP contribution in [0.1, 0.15) is 23.6 Å². The van der Waals surface area contributed by atoms with Crippen molar-refractivity contribution in [3.05, 3.63) is 53.1 Å². The summed E-state index contributed by atoms with van der Waals surface area (Å²) in [5.74, 6) is 1.03. The van der Waals surface area contributed by atoms with Crippen LogP contribution in [0.15, 0.2) is 41.6 Å². The molecule has 0 aliphatic heterocycles. The number of anilines is 1. The number of pyridine rings is 1. The molecule has 8 heteroatoms. The van der Waals surface area contributed by atoms with Gasteiger partial charge in [0, 0.05) is 17.1 Å². The molecule has 2 aromatic heterocycles. The summed E-state index contributed by atoms with van der Waals surface area (Å²) in [4.78, 5) is 12.9. The molecule has 2 aromatic carbocycles. The van der Waals surface area contributed by atoms with E-state index >= 15 is 0 Å². The van der Waals surface area contributed by atoms with E-state index in [1.165, 1.54) is 22.7 Å². The fourth-order valence-corrected chi connectivity index (χ4v) is 4.72. The number of hydrogen-bond donors (Lipinski definition) is 1. The van der Waals surface area contributed by atoms with E-state index in [4.69, 9.17) is 9.47 Å². The molecule has 1 unspecified atom stereocenters. The molecular weight excluding hydrogens is 424 g/mol. The number of carbonyl (C=O) groups excluding carboxylic acids is 1. The standard InChI is InChI=1S/C24H26N4O3S/c1-13-9-15(3)22-18(10-13)14(2)11-21-26-27-24(28(21)22)32-16(4)23(29)25-17-7-8-19(30-5)20(12-17)31-6/h7-12,16H,1-6H3,(H,25,29). The minimum absolute atomic E-state index is 0.136.